The average Bonchev–Trinajstić information content (AvgIpc) is 2.37. The molecule has 1 fully saturated rings. The Bertz CT molecular complexity index is 535. The summed E-state index contributed by atoms with van der Waals surface area (Å²) in [5.74, 6) is -1.09. The molecule has 1 heterocycles. The van der Waals surface area contributed by atoms with Crippen molar-refractivity contribution in [3.63, 3.8) is 0 Å². The Balaban J connectivity index is 2.09. The van der Waals surface area contributed by atoms with Gasteiger partial charge in [0.1, 0.15) is 0 Å². The molecule has 1 aliphatic heterocycles. The third-order valence-corrected chi connectivity index (χ3v) is 3.14. The summed E-state index contributed by atoms with van der Waals surface area (Å²) < 4.78 is 5.36. The summed E-state index contributed by atoms with van der Waals surface area (Å²) in [4.78, 5) is 24.6. The zero-order valence-electron chi connectivity index (χ0n) is 10.9. The Kier molecular flexibility index (Phi) is 4.46. The van der Waals surface area contributed by atoms with Crippen LogP contribution in [0.5, 0.6) is 0 Å². The minimum atomic E-state index is -1.09. The molecule has 0 saturated carbocycles. The van der Waals surface area contributed by atoms with Crippen LogP contribution in [0.15, 0.2) is 18.2 Å². The highest BCUT2D eigenvalue weighted by Crippen LogP contribution is 2.20. The minimum absolute atomic E-state index is 0.0107. The van der Waals surface area contributed by atoms with Gasteiger partial charge in [-0.15, -0.1) is 0 Å². The Labute approximate surface area is 121 Å². The van der Waals surface area contributed by atoms with Gasteiger partial charge in [0.15, 0.2) is 0 Å². The van der Waals surface area contributed by atoms with Crippen LogP contribution in [0.4, 0.5) is 10.5 Å². The van der Waals surface area contributed by atoms with E-state index in [0.29, 0.717) is 25.4 Å². The monoisotopic (exact) mass is 298 g/mol. The molecule has 7 heteroatoms. The first-order valence-electron chi connectivity index (χ1n) is 6.17. The van der Waals surface area contributed by atoms with E-state index in [-0.39, 0.29) is 22.7 Å². The molecule has 2 rings (SSSR count). The predicted molar refractivity (Wildman–Crippen MR) is 74.4 cm³/mol. The smallest absolute Gasteiger partial charge is 0.335 e. The van der Waals surface area contributed by atoms with E-state index in [1.165, 1.54) is 18.2 Å². The van der Waals surface area contributed by atoms with Crippen LogP contribution in [0.25, 0.3) is 0 Å². The number of hydrogen-bond acceptors (Lipinski definition) is 3. The second kappa shape index (κ2) is 6.11. The van der Waals surface area contributed by atoms with Gasteiger partial charge in [-0.05, 0) is 25.1 Å². The van der Waals surface area contributed by atoms with E-state index in [9.17, 15) is 9.59 Å². The van der Waals surface area contributed by atoms with Crippen molar-refractivity contribution in [3.8, 4) is 0 Å². The van der Waals surface area contributed by atoms with Crippen molar-refractivity contribution in [2.75, 3.05) is 25.0 Å². The SMILES string of the molecule is CC1CN(C(=O)Nc2cc(Cl)cc(C(=O)O)c2)CCO1. The van der Waals surface area contributed by atoms with Crippen molar-refractivity contribution in [3.05, 3.63) is 28.8 Å². The highest BCUT2D eigenvalue weighted by Gasteiger charge is 2.21. The van der Waals surface area contributed by atoms with Crippen LogP contribution in [0.3, 0.4) is 0 Å². The maximum Gasteiger partial charge on any atom is 0.335 e. The van der Waals surface area contributed by atoms with Crippen LogP contribution in [0.2, 0.25) is 5.02 Å². The molecule has 6 nitrogen and oxygen atoms in total. The van der Waals surface area contributed by atoms with Gasteiger partial charge in [-0.3, -0.25) is 0 Å². The molecule has 108 valence electrons. The Morgan fingerprint density at radius 2 is 2.20 bits per heavy atom. The van der Waals surface area contributed by atoms with Gasteiger partial charge in [0, 0.05) is 23.8 Å². The molecule has 1 aromatic rings. The number of benzene rings is 1. The van der Waals surface area contributed by atoms with Gasteiger partial charge in [-0.1, -0.05) is 11.6 Å². The largest absolute Gasteiger partial charge is 0.478 e. The number of rotatable bonds is 2. The lowest BCUT2D eigenvalue weighted by Gasteiger charge is -2.31. The van der Waals surface area contributed by atoms with E-state index in [1.807, 2.05) is 6.92 Å². The van der Waals surface area contributed by atoms with Gasteiger partial charge in [-0.2, -0.15) is 0 Å². The number of morpholine rings is 1. The second-order valence-corrected chi connectivity index (χ2v) is 5.03. The van der Waals surface area contributed by atoms with Gasteiger partial charge < -0.3 is 20.1 Å². The molecule has 0 radical (unpaired) electrons. The molecule has 2 amide bonds. The number of nitrogens with one attached hydrogen (secondary N) is 1. The fourth-order valence-electron chi connectivity index (χ4n) is 1.99. The highest BCUT2D eigenvalue weighted by atomic mass is 35.5. The Hall–Kier alpha value is -1.79. The highest BCUT2D eigenvalue weighted by molar-refractivity contribution is 6.31. The van der Waals surface area contributed by atoms with Crippen molar-refractivity contribution in [2.45, 2.75) is 13.0 Å². The number of ether oxygens (including phenoxy) is 1. The van der Waals surface area contributed by atoms with E-state index in [2.05, 4.69) is 5.32 Å². The molecule has 0 spiro atoms. The standard InChI is InChI=1S/C13H15ClN2O4/c1-8-7-16(2-3-20-8)13(19)15-11-5-9(12(17)18)4-10(14)6-11/h4-6,8H,2-3,7H2,1H3,(H,15,19)(H,17,18). The molecule has 1 aliphatic rings. The van der Waals surface area contributed by atoms with Crippen LogP contribution in [0.1, 0.15) is 17.3 Å². The van der Waals surface area contributed by atoms with E-state index in [0.717, 1.165) is 0 Å². The zero-order valence-corrected chi connectivity index (χ0v) is 11.7. The molecule has 1 atom stereocenters. The Morgan fingerprint density at radius 3 is 2.85 bits per heavy atom. The van der Waals surface area contributed by atoms with Crippen molar-refractivity contribution >= 4 is 29.3 Å². The van der Waals surface area contributed by atoms with Gasteiger partial charge in [-0.25, -0.2) is 9.59 Å². The number of anilines is 1. The maximum absolute atomic E-state index is 12.1. The summed E-state index contributed by atoms with van der Waals surface area (Å²) in [6, 6.07) is 3.92. The van der Waals surface area contributed by atoms with Crippen LogP contribution >= 0.6 is 11.6 Å². The molecule has 0 aliphatic carbocycles. The molecule has 1 aromatic carbocycles. The van der Waals surface area contributed by atoms with E-state index < -0.39 is 5.97 Å². The molecule has 1 saturated heterocycles. The topological polar surface area (TPSA) is 78.9 Å². The van der Waals surface area contributed by atoms with Crippen molar-refractivity contribution in [2.24, 2.45) is 0 Å². The lowest BCUT2D eigenvalue weighted by Crippen LogP contribution is -2.46. The maximum atomic E-state index is 12.1. The van der Waals surface area contributed by atoms with Crippen LogP contribution < -0.4 is 5.32 Å². The number of nitrogens with zero attached hydrogens (tertiary/aromatic N) is 1. The molecular formula is C13H15ClN2O4. The number of aromatic carboxylic acids is 1. The first-order chi connectivity index (χ1) is 9.45. The third kappa shape index (κ3) is 3.61. The summed E-state index contributed by atoms with van der Waals surface area (Å²) in [6.07, 6.45) is -0.0107. The normalized spacial score (nSPS) is 18.7. The molecule has 2 N–H and O–H groups in total. The van der Waals surface area contributed by atoms with Gasteiger partial charge >= 0.3 is 12.0 Å². The quantitative estimate of drug-likeness (QED) is 0.878. The number of carbonyl (C=O) groups is 2. The number of carboxylic acid groups (broad SMARTS) is 1. The number of carboxylic acids is 1. The summed E-state index contributed by atoms with van der Waals surface area (Å²) in [5, 5.41) is 11.9. The van der Waals surface area contributed by atoms with Crippen LogP contribution in [-0.4, -0.2) is 47.8 Å². The first-order valence-corrected chi connectivity index (χ1v) is 6.55. The van der Waals surface area contributed by atoms with Crippen molar-refractivity contribution in [1.82, 2.24) is 4.90 Å². The molecule has 1 unspecified atom stereocenters. The molecule has 20 heavy (non-hydrogen) atoms. The number of carbonyl (C=O) groups excluding carboxylic acids is 1. The summed E-state index contributed by atoms with van der Waals surface area (Å²) >= 11 is 5.84. The number of urea groups is 1. The summed E-state index contributed by atoms with van der Waals surface area (Å²) in [5.41, 5.74) is 0.391. The molecular weight excluding hydrogens is 284 g/mol. The van der Waals surface area contributed by atoms with Crippen molar-refractivity contribution < 1.29 is 19.4 Å². The molecule has 0 aromatic heterocycles. The Morgan fingerprint density at radius 1 is 1.45 bits per heavy atom. The van der Waals surface area contributed by atoms with Gasteiger partial charge in [0.2, 0.25) is 0 Å². The van der Waals surface area contributed by atoms with Crippen LogP contribution in [-0.2, 0) is 4.74 Å². The summed E-state index contributed by atoms with van der Waals surface area (Å²) in [7, 11) is 0. The lowest BCUT2D eigenvalue weighted by atomic mass is 10.2. The van der Waals surface area contributed by atoms with Crippen molar-refractivity contribution in [1.29, 1.82) is 0 Å². The van der Waals surface area contributed by atoms with E-state index >= 15 is 0 Å². The number of halogens is 1. The number of hydrogen-bond donors (Lipinski definition) is 2. The fourth-order valence-corrected chi connectivity index (χ4v) is 2.23. The van der Waals surface area contributed by atoms with E-state index in [4.69, 9.17) is 21.4 Å². The molecule has 0 bridgehead atoms. The fraction of sp³-hybridized carbons (Fsp3) is 0.385. The zero-order chi connectivity index (χ0) is 14.7. The lowest BCUT2D eigenvalue weighted by molar-refractivity contribution is -0.00138. The van der Waals surface area contributed by atoms with Crippen LogP contribution in [0, 0.1) is 0 Å². The number of amides is 2. The summed E-state index contributed by atoms with van der Waals surface area (Å²) in [6.45, 7) is 3.38. The third-order valence-electron chi connectivity index (χ3n) is 2.92. The van der Waals surface area contributed by atoms with Gasteiger partial charge in [0.25, 0.3) is 0 Å². The van der Waals surface area contributed by atoms with Gasteiger partial charge in [0.05, 0.1) is 18.3 Å². The average molecular weight is 299 g/mol. The second-order valence-electron chi connectivity index (χ2n) is 4.59. The predicted octanol–water partition coefficient (Wildman–Crippen LogP) is 2.29. The minimum Gasteiger partial charge on any atom is -0.478 e. The van der Waals surface area contributed by atoms with E-state index in [1.54, 1.807) is 4.90 Å². The first kappa shape index (κ1) is 14.6.